The number of hydrogen-bond acceptors (Lipinski definition) is 7. The van der Waals surface area contributed by atoms with E-state index in [1.165, 1.54) is 19.3 Å². The maximum atomic E-state index is 14.3. The van der Waals surface area contributed by atoms with Gasteiger partial charge in [-0.15, -0.1) is 0 Å². The Hall–Kier alpha value is -3.15. The summed E-state index contributed by atoms with van der Waals surface area (Å²) in [6.45, 7) is 1.59. The van der Waals surface area contributed by atoms with Crippen molar-refractivity contribution in [1.82, 2.24) is 4.31 Å². The number of sulfonamides is 1. The van der Waals surface area contributed by atoms with Crippen molar-refractivity contribution in [1.29, 1.82) is 0 Å². The molecule has 0 spiro atoms. The lowest BCUT2D eigenvalue weighted by Crippen LogP contribution is -2.40. The lowest BCUT2D eigenvalue weighted by Gasteiger charge is -2.26. The zero-order valence-electron chi connectivity index (χ0n) is 17.9. The Labute approximate surface area is 190 Å². The third-order valence-electron chi connectivity index (χ3n) is 5.06. The smallest absolute Gasteiger partial charge is 0.248 e. The van der Waals surface area contributed by atoms with Crippen molar-refractivity contribution in [2.24, 2.45) is 0 Å². The van der Waals surface area contributed by atoms with Gasteiger partial charge in [0.15, 0.2) is 11.5 Å². The van der Waals surface area contributed by atoms with Gasteiger partial charge in [0, 0.05) is 24.9 Å². The highest BCUT2D eigenvalue weighted by Crippen LogP contribution is 2.40. The van der Waals surface area contributed by atoms with Gasteiger partial charge in [0.2, 0.25) is 21.7 Å². The molecular weight excluding hydrogens is 455 g/mol. The monoisotopic (exact) mass is 478 g/mol. The number of nitrogens with zero attached hydrogens (tertiary/aromatic N) is 1. The summed E-state index contributed by atoms with van der Waals surface area (Å²) in [4.78, 5) is 11.9. The molecule has 1 fully saturated rings. The standard InChI is InChI=1S/C22H23FN2O7S/c1-29-18-12-15(13-19-22(18)32-11-10-31-19)2-5-21(26)24-16-3-4-17(23)20(14-16)33(27,28)25-6-8-30-9-7-25/h2-5,12-14H,6-11H2,1H3,(H,24,26). The third kappa shape index (κ3) is 5.10. The first-order valence-corrected chi connectivity index (χ1v) is 11.7. The summed E-state index contributed by atoms with van der Waals surface area (Å²) in [6, 6.07) is 6.83. The Kier molecular flexibility index (Phi) is 6.82. The molecule has 2 aliphatic heterocycles. The van der Waals surface area contributed by atoms with Gasteiger partial charge in [0.25, 0.3) is 0 Å². The van der Waals surface area contributed by atoms with Crippen molar-refractivity contribution in [3.63, 3.8) is 0 Å². The normalized spacial score (nSPS) is 16.5. The van der Waals surface area contributed by atoms with Crippen molar-refractivity contribution in [2.75, 3.05) is 51.9 Å². The number of anilines is 1. The van der Waals surface area contributed by atoms with Gasteiger partial charge in [-0.05, 0) is 42.0 Å². The van der Waals surface area contributed by atoms with E-state index < -0.39 is 26.6 Å². The second-order valence-electron chi connectivity index (χ2n) is 7.23. The number of fused-ring (bicyclic) bond motifs is 1. The van der Waals surface area contributed by atoms with Crippen LogP contribution in [0.5, 0.6) is 17.2 Å². The molecule has 2 aromatic rings. The molecule has 33 heavy (non-hydrogen) atoms. The minimum atomic E-state index is -4.05. The quantitative estimate of drug-likeness (QED) is 0.636. The Morgan fingerprint density at radius 2 is 1.88 bits per heavy atom. The average Bonchev–Trinajstić information content (AvgIpc) is 2.83. The number of morpholine rings is 1. The molecule has 2 aromatic carbocycles. The number of ether oxygens (including phenoxy) is 4. The predicted octanol–water partition coefficient (Wildman–Crippen LogP) is 2.28. The fourth-order valence-corrected chi connectivity index (χ4v) is 4.95. The summed E-state index contributed by atoms with van der Waals surface area (Å²) >= 11 is 0. The maximum Gasteiger partial charge on any atom is 0.248 e. The van der Waals surface area contributed by atoms with Crippen LogP contribution in [0.1, 0.15) is 5.56 Å². The van der Waals surface area contributed by atoms with Crippen molar-refractivity contribution in [3.05, 3.63) is 47.8 Å². The third-order valence-corrected chi connectivity index (χ3v) is 6.98. The van der Waals surface area contributed by atoms with Crippen LogP contribution in [0.3, 0.4) is 0 Å². The number of amides is 1. The van der Waals surface area contributed by atoms with E-state index in [-0.39, 0.29) is 32.0 Å². The first kappa shape index (κ1) is 23.0. The summed E-state index contributed by atoms with van der Waals surface area (Å²) in [5.74, 6) is 0.0789. The molecule has 4 rings (SSSR count). The van der Waals surface area contributed by atoms with Crippen molar-refractivity contribution < 1.29 is 36.6 Å². The molecule has 176 valence electrons. The van der Waals surface area contributed by atoms with Crippen LogP contribution in [0, 0.1) is 5.82 Å². The maximum absolute atomic E-state index is 14.3. The largest absolute Gasteiger partial charge is 0.493 e. The number of halogens is 1. The van der Waals surface area contributed by atoms with Crippen LogP contribution in [0.4, 0.5) is 10.1 Å². The molecule has 0 unspecified atom stereocenters. The summed E-state index contributed by atoms with van der Waals surface area (Å²) in [6.07, 6.45) is 2.81. The molecule has 9 nitrogen and oxygen atoms in total. The summed E-state index contributed by atoms with van der Waals surface area (Å²) < 4.78 is 62.7. The molecule has 11 heteroatoms. The van der Waals surface area contributed by atoms with E-state index in [1.807, 2.05) is 0 Å². The second kappa shape index (κ2) is 9.77. The Morgan fingerprint density at radius 3 is 2.64 bits per heavy atom. The number of carbonyl (C=O) groups is 1. The van der Waals surface area contributed by atoms with Crippen molar-refractivity contribution in [2.45, 2.75) is 4.90 Å². The molecular formula is C22H23FN2O7S. The van der Waals surface area contributed by atoms with E-state index in [0.717, 1.165) is 16.4 Å². The highest BCUT2D eigenvalue weighted by atomic mass is 32.2. The molecule has 0 aromatic heterocycles. The van der Waals surface area contributed by atoms with Crippen LogP contribution < -0.4 is 19.5 Å². The van der Waals surface area contributed by atoms with E-state index in [2.05, 4.69) is 5.32 Å². The van der Waals surface area contributed by atoms with Gasteiger partial charge in [-0.2, -0.15) is 4.31 Å². The molecule has 0 saturated carbocycles. The molecule has 2 heterocycles. The molecule has 2 aliphatic rings. The number of nitrogens with one attached hydrogen (secondary N) is 1. The highest BCUT2D eigenvalue weighted by Gasteiger charge is 2.29. The van der Waals surface area contributed by atoms with Gasteiger partial charge in [0.1, 0.15) is 23.9 Å². The van der Waals surface area contributed by atoms with Crippen molar-refractivity contribution in [3.8, 4) is 17.2 Å². The molecule has 1 saturated heterocycles. The van der Waals surface area contributed by atoms with Crippen LogP contribution in [-0.2, 0) is 19.6 Å². The minimum absolute atomic E-state index is 0.139. The fraction of sp³-hybridized carbons (Fsp3) is 0.318. The van der Waals surface area contributed by atoms with Crippen LogP contribution in [0.25, 0.3) is 6.08 Å². The molecule has 1 amide bonds. The number of carbonyl (C=O) groups excluding carboxylic acids is 1. The van der Waals surface area contributed by atoms with Gasteiger partial charge >= 0.3 is 0 Å². The average molecular weight is 478 g/mol. The van der Waals surface area contributed by atoms with E-state index in [9.17, 15) is 17.6 Å². The van der Waals surface area contributed by atoms with Crippen LogP contribution >= 0.6 is 0 Å². The first-order valence-electron chi connectivity index (χ1n) is 10.2. The number of rotatable bonds is 6. The lowest BCUT2D eigenvalue weighted by atomic mass is 10.1. The zero-order valence-corrected chi connectivity index (χ0v) is 18.7. The predicted molar refractivity (Wildman–Crippen MR) is 118 cm³/mol. The molecule has 0 radical (unpaired) electrons. The van der Waals surface area contributed by atoms with Crippen LogP contribution in [0.15, 0.2) is 41.3 Å². The number of benzene rings is 2. The summed E-state index contributed by atoms with van der Waals surface area (Å²) in [5, 5.41) is 2.56. The SMILES string of the molecule is COc1cc(C=CC(=O)Nc2ccc(F)c(S(=O)(=O)N3CCOCC3)c2)cc2c1OCCO2. The fourth-order valence-electron chi connectivity index (χ4n) is 3.45. The van der Waals surface area contributed by atoms with Gasteiger partial charge in [-0.3, -0.25) is 4.79 Å². The van der Waals surface area contributed by atoms with E-state index in [0.29, 0.717) is 36.0 Å². The zero-order chi connectivity index (χ0) is 23.4. The van der Waals surface area contributed by atoms with Gasteiger partial charge < -0.3 is 24.3 Å². The number of methoxy groups -OCH3 is 1. The minimum Gasteiger partial charge on any atom is -0.493 e. The highest BCUT2D eigenvalue weighted by molar-refractivity contribution is 7.89. The van der Waals surface area contributed by atoms with E-state index in [4.69, 9.17) is 18.9 Å². The van der Waals surface area contributed by atoms with Gasteiger partial charge in [-0.1, -0.05) is 0 Å². The van der Waals surface area contributed by atoms with Gasteiger partial charge in [-0.25, -0.2) is 12.8 Å². The second-order valence-corrected chi connectivity index (χ2v) is 9.14. The summed E-state index contributed by atoms with van der Waals surface area (Å²) in [7, 11) is -2.55. The lowest BCUT2D eigenvalue weighted by molar-refractivity contribution is -0.111. The van der Waals surface area contributed by atoms with Crippen molar-refractivity contribution >= 4 is 27.7 Å². The Balaban J connectivity index is 1.50. The molecule has 0 atom stereocenters. The van der Waals surface area contributed by atoms with E-state index >= 15 is 0 Å². The Bertz CT molecular complexity index is 1160. The topological polar surface area (TPSA) is 103 Å². The number of hydrogen-bond donors (Lipinski definition) is 1. The molecule has 1 N–H and O–H groups in total. The Morgan fingerprint density at radius 1 is 1.12 bits per heavy atom. The first-order chi connectivity index (χ1) is 15.9. The molecule has 0 aliphatic carbocycles. The van der Waals surface area contributed by atoms with Crippen LogP contribution in [0.2, 0.25) is 0 Å². The van der Waals surface area contributed by atoms with Gasteiger partial charge in [0.05, 0.1) is 20.3 Å². The van der Waals surface area contributed by atoms with Crippen LogP contribution in [-0.4, -0.2) is 65.3 Å². The summed E-state index contributed by atoms with van der Waals surface area (Å²) in [5.41, 5.74) is 0.790. The molecule has 0 bridgehead atoms. The van der Waals surface area contributed by atoms with E-state index in [1.54, 1.807) is 18.2 Å².